The molecule has 5 heteroatoms. The standard InChI is InChI=1S/C15H21N3O2/c1-3-8-12(16)15-17-14(18-20-15)13(19-4-2)11-9-6-5-7-10-11/h5-7,9-10,12-13H,3-4,8,16H2,1-2H3/t12-,13?/m1/s1. The van der Waals surface area contributed by atoms with Crippen LogP contribution in [0.25, 0.3) is 0 Å². The molecule has 5 nitrogen and oxygen atoms in total. The fourth-order valence-electron chi connectivity index (χ4n) is 2.05. The number of aromatic nitrogens is 2. The monoisotopic (exact) mass is 275 g/mol. The first-order valence-corrected chi connectivity index (χ1v) is 7.01. The average molecular weight is 275 g/mol. The molecule has 2 N–H and O–H groups in total. The largest absolute Gasteiger partial charge is 0.366 e. The molecule has 0 fully saturated rings. The van der Waals surface area contributed by atoms with E-state index >= 15 is 0 Å². The number of rotatable bonds is 7. The average Bonchev–Trinajstić information content (AvgIpc) is 2.95. The van der Waals surface area contributed by atoms with E-state index in [2.05, 4.69) is 17.1 Å². The van der Waals surface area contributed by atoms with E-state index in [4.69, 9.17) is 15.0 Å². The molecule has 0 radical (unpaired) electrons. The second-order valence-corrected chi connectivity index (χ2v) is 4.63. The van der Waals surface area contributed by atoms with Crippen LogP contribution in [0.4, 0.5) is 0 Å². The highest BCUT2D eigenvalue weighted by atomic mass is 16.5. The van der Waals surface area contributed by atoms with Crippen LogP contribution in [0.3, 0.4) is 0 Å². The van der Waals surface area contributed by atoms with Gasteiger partial charge in [0.05, 0.1) is 6.04 Å². The van der Waals surface area contributed by atoms with Crippen LogP contribution >= 0.6 is 0 Å². The van der Waals surface area contributed by atoms with Crippen molar-refractivity contribution in [2.75, 3.05) is 6.61 Å². The Morgan fingerprint density at radius 2 is 2.00 bits per heavy atom. The van der Waals surface area contributed by atoms with Crippen molar-refractivity contribution in [2.45, 2.75) is 38.8 Å². The lowest BCUT2D eigenvalue weighted by molar-refractivity contribution is 0.0833. The van der Waals surface area contributed by atoms with Crippen molar-refractivity contribution in [1.29, 1.82) is 0 Å². The van der Waals surface area contributed by atoms with E-state index in [0.717, 1.165) is 18.4 Å². The van der Waals surface area contributed by atoms with Crippen LogP contribution in [0.2, 0.25) is 0 Å². The third kappa shape index (κ3) is 3.43. The van der Waals surface area contributed by atoms with Crippen LogP contribution in [0, 0.1) is 0 Å². The Morgan fingerprint density at radius 1 is 1.25 bits per heavy atom. The van der Waals surface area contributed by atoms with E-state index in [9.17, 15) is 0 Å². The zero-order valence-electron chi connectivity index (χ0n) is 12.0. The zero-order chi connectivity index (χ0) is 14.4. The van der Waals surface area contributed by atoms with Gasteiger partial charge in [0.15, 0.2) is 0 Å². The van der Waals surface area contributed by atoms with Gasteiger partial charge in [0.25, 0.3) is 0 Å². The van der Waals surface area contributed by atoms with Crippen molar-refractivity contribution in [3.8, 4) is 0 Å². The molecule has 1 aromatic carbocycles. The van der Waals surface area contributed by atoms with Crippen LogP contribution in [0.15, 0.2) is 34.9 Å². The molecular formula is C15H21N3O2. The molecule has 0 aliphatic rings. The number of hydrogen-bond acceptors (Lipinski definition) is 5. The molecule has 2 atom stereocenters. The summed E-state index contributed by atoms with van der Waals surface area (Å²) in [5, 5.41) is 4.02. The van der Waals surface area contributed by atoms with E-state index in [0.29, 0.717) is 18.3 Å². The lowest BCUT2D eigenvalue weighted by Gasteiger charge is -2.13. The minimum absolute atomic E-state index is 0.209. The van der Waals surface area contributed by atoms with Gasteiger partial charge < -0.3 is 15.0 Å². The molecular weight excluding hydrogens is 254 g/mol. The van der Waals surface area contributed by atoms with Crippen molar-refractivity contribution in [2.24, 2.45) is 5.73 Å². The highest BCUT2D eigenvalue weighted by Crippen LogP contribution is 2.25. The smallest absolute Gasteiger partial charge is 0.243 e. The Kier molecular flexibility index (Phi) is 5.26. The van der Waals surface area contributed by atoms with Crippen molar-refractivity contribution in [3.63, 3.8) is 0 Å². The Hall–Kier alpha value is -1.72. The van der Waals surface area contributed by atoms with Gasteiger partial charge in [-0.2, -0.15) is 4.98 Å². The molecule has 0 aliphatic heterocycles. The van der Waals surface area contributed by atoms with Crippen LogP contribution < -0.4 is 5.73 Å². The predicted molar refractivity (Wildman–Crippen MR) is 76.0 cm³/mol. The number of nitrogens with zero attached hydrogens (tertiary/aromatic N) is 2. The maximum atomic E-state index is 5.99. The summed E-state index contributed by atoms with van der Waals surface area (Å²) in [6.07, 6.45) is 1.49. The molecule has 0 saturated carbocycles. The Bertz CT molecular complexity index is 513. The van der Waals surface area contributed by atoms with Crippen LogP contribution in [-0.2, 0) is 4.74 Å². The molecule has 2 rings (SSSR count). The number of hydrogen-bond donors (Lipinski definition) is 1. The summed E-state index contributed by atoms with van der Waals surface area (Å²) in [7, 11) is 0. The molecule has 1 aromatic heterocycles. The van der Waals surface area contributed by atoms with Crippen molar-refractivity contribution >= 4 is 0 Å². The van der Waals surface area contributed by atoms with Gasteiger partial charge in [-0.05, 0) is 18.9 Å². The molecule has 1 heterocycles. The number of ether oxygens (including phenoxy) is 1. The second-order valence-electron chi connectivity index (χ2n) is 4.63. The van der Waals surface area contributed by atoms with Crippen molar-refractivity contribution in [3.05, 3.63) is 47.6 Å². The lowest BCUT2D eigenvalue weighted by atomic mass is 10.1. The van der Waals surface area contributed by atoms with E-state index in [1.807, 2.05) is 37.3 Å². The third-order valence-electron chi connectivity index (χ3n) is 3.04. The van der Waals surface area contributed by atoms with Crippen LogP contribution in [0.5, 0.6) is 0 Å². The minimum Gasteiger partial charge on any atom is -0.366 e. The molecule has 1 unspecified atom stereocenters. The van der Waals surface area contributed by atoms with Gasteiger partial charge in [-0.25, -0.2) is 0 Å². The van der Waals surface area contributed by atoms with Gasteiger partial charge in [-0.15, -0.1) is 0 Å². The molecule has 2 aromatic rings. The van der Waals surface area contributed by atoms with E-state index in [-0.39, 0.29) is 12.1 Å². The quantitative estimate of drug-likeness (QED) is 0.840. The van der Waals surface area contributed by atoms with Crippen LogP contribution in [-0.4, -0.2) is 16.7 Å². The van der Waals surface area contributed by atoms with Gasteiger partial charge >= 0.3 is 0 Å². The van der Waals surface area contributed by atoms with E-state index < -0.39 is 0 Å². The maximum absolute atomic E-state index is 5.99. The summed E-state index contributed by atoms with van der Waals surface area (Å²) in [5.74, 6) is 1.00. The van der Waals surface area contributed by atoms with Gasteiger partial charge in [0.2, 0.25) is 11.7 Å². The Balaban J connectivity index is 2.22. The Morgan fingerprint density at radius 3 is 2.65 bits per heavy atom. The SMILES string of the molecule is CCC[C@@H](N)c1nc(C(OCC)c2ccccc2)no1. The highest BCUT2D eigenvalue weighted by Gasteiger charge is 2.22. The van der Waals surface area contributed by atoms with Gasteiger partial charge in [0.1, 0.15) is 6.10 Å². The van der Waals surface area contributed by atoms with Gasteiger partial charge in [-0.1, -0.05) is 48.8 Å². The first kappa shape index (κ1) is 14.7. The molecule has 108 valence electrons. The van der Waals surface area contributed by atoms with E-state index in [1.54, 1.807) is 0 Å². The summed E-state index contributed by atoms with van der Waals surface area (Å²) >= 11 is 0. The minimum atomic E-state index is -0.312. The van der Waals surface area contributed by atoms with Crippen LogP contribution in [0.1, 0.15) is 56.1 Å². The zero-order valence-corrected chi connectivity index (χ0v) is 12.0. The highest BCUT2D eigenvalue weighted by molar-refractivity contribution is 5.22. The molecule has 0 spiro atoms. The first-order chi connectivity index (χ1) is 9.76. The second kappa shape index (κ2) is 7.17. The fraction of sp³-hybridized carbons (Fsp3) is 0.467. The molecule has 0 saturated heterocycles. The summed E-state index contributed by atoms with van der Waals surface area (Å²) in [6.45, 7) is 4.59. The maximum Gasteiger partial charge on any atom is 0.243 e. The molecule has 0 bridgehead atoms. The summed E-state index contributed by atoms with van der Waals surface area (Å²) in [5.41, 5.74) is 7.00. The fourth-order valence-corrected chi connectivity index (χ4v) is 2.05. The molecule has 0 amide bonds. The van der Waals surface area contributed by atoms with Gasteiger partial charge in [0, 0.05) is 6.61 Å². The molecule has 0 aliphatic carbocycles. The predicted octanol–water partition coefficient (Wildman–Crippen LogP) is 3.00. The van der Waals surface area contributed by atoms with Crippen molar-refractivity contribution in [1.82, 2.24) is 10.1 Å². The number of nitrogens with two attached hydrogens (primary N) is 1. The normalized spacial score (nSPS) is 14.2. The lowest BCUT2D eigenvalue weighted by Crippen LogP contribution is -2.11. The summed E-state index contributed by atoms with van der Waals surface area (Å²) in [6, 6.07) is 9.66. The molecule has 20 heavy (non-hydrogen) atoms. The summed E-state index contributed by atoms with van der Waals surface area (Å²) in [4.78, 5) is 4.40. The number of benzene rings is 1. The van der Waals surface area contributed by atoms with Gasteiger partial charge in [-0.3, -0.25) is 0 Å². The first-order valence-electron chi connectivity index (χ1n) is 7.01. The van der Waals surface area contributed by atoms with Crippen molar-refractivity contribution < 1.29 is 9.26 Å². The third-order valence-corrected chi connectivity index (χ3v) is 3.04. The van der Waals surface area contributed by atoms with E-state index in [1.165, 1.54) is 0 Å². The summed E-state index contributed by atoms with van der Waals surface area (Å²) < 4.78 is 11.0. The Labute approximate surface area is 119 Å². The topological polar surface area (TPSA) is 74.2 Å².